The van der Waals surface area contributed by atoms with E-state index in [9.17, 15) is 0 Å². The molecule has 0 fully saturated rings. The number of allylic oxidation sites excluding steroid dienone is 2. The lowest BCUT2D eigenvalue weighted by atomic mass is 9.94. The topological polar surface area (TPSA) is 56.2 Å². The molecule has 1 aromatic carbocycles. The molecule has 5 heteroatoms. The molecule has 4 aromatic rings. The van der Waals surface area contributed by atoms with Crippen LogP contribution in [0.1, 0.15) is 79.4 Å². The quantitative estimate of drug-likeness (QED) is 0.255. The molecule has 0 aliphatic rings. The lowest BCUT2D eigenvalue weighted by Gasteiger charge is -2.15. The van der Waals surface area contributed by atoms with Gasteiger partial charge in [0.25, 0.3) is 0 Å². The van der Waals surface area contributed by atoms with E-state index in [-0.39, 0.29) is 0 Å². The molecular formula is C29H34N4S. The zero-order valence-corrected chi connectivity index (χ0v) is 21.2. The molecule has 1 atom stereocenters. The van der Waals surface area contributed by atoms with Gasteiger partial charge in [0.15, 0.2) is 0 Å². The van der Waals surface area contributed by atoms with Crippen molar-refractivity contribution in [3.8, 4) is 0 Å². The van der Waals surface area contributed by atoms with Crippen LogP contribution in [-0.2, 0) is 0 Å². The predicted molar refractivity (Wildman–Crippen MR) is 147 cm³/mol. The number of nitrogen functional groups attached to an aromatic ring is 1. The Morgan fingerprint density at radius 1 is 1.21 bits per heavy atom. The van der Waals surface area contributed by atoms with E-state index in [2.05, 4.69) is 84.6 Å². The predicted octanol–water partition coefficient (Wildman–Crippen LogP) is 8.01. The van der Waals surface area contributed by atoms with Gasteiger partial charge >= 0.3 is 0 Å². The third-order valence-corrected chi connectivity index (χ3v) is 7.42. The Morgan fingerprint density at radius 3 is 2.76 bits per heavy atom. The van der Waals surface area contributed by atoms with Crippen molar-refractivity contribution in [2.45, 2.75) is 58.8 Å². The van der Waals surface area contributed by atoms with Gasteiger partial charge in [-0.2, -0.15) is 0 Å². The summed E-state index contributed by atoms with van der Waals surface area (Å²) in [6.45, 7) is 10.8. The van der Waals surface area contributed by atoms with Crippen LogP contribution in [0.4, 0.5) is 5.82 Å². The van der Waals surface area contributed by atoms with E-state index in [0.29, 0.717) is 11.7 Å². The van der Waals surface area contributed by atoms with Crippen molar-refractivity contribution in [2.75, 3.05) is 5.73 Å². The zero-order valence-electron chi connectivity index (χ0n) is 20.4. The second kappa shape index (κ2) is 10.8. The molecule has 4 rings (SSSR count). The van der Waals surface area contributed by atoms with Crippen molar-refractivity contribution in [1.29, 1.82) is 0 Å². The number of benzene rings is 1. The first-order chi connectivity index (χ1) is 16.5. The van der Waals surface area contributed by atoms with Gasteiger partial charge in [0.1, 0.15) is 17.2 Å². The van der Waals surface area contributed by atoms with Crippen molar-refractivity contribution in [3.63, 3.8) is 0 Å². The first kappa shape index (κ1) is 24.0. The number of aromatic nitrogens is 3. The largest absolute Gasteiger partial charge is 0.382 e. The first-order valence-corrected chi connectivity index (χ1v) is 13.0. The van der Waals surface area contributed by atoms with Crippen molar-refractivity contribution < 1.29 is 0 Å². The molecule has 2 N–H and O–H groups in total. The minimum Gasteiger partial charge on any atom is -0.382 e. The summed E-state index contributed by atoms with van der Waals surface area (Å²) in [4.78, 5) is 10.9. The first-order valence-electron chi connectivity index (χ1n) is 12.1. The molecule has 0 spiro atoms. The molecule has 0 bridgehead atoms. The number of aryl methyl sites for hydroxylation is 1. The van der Waals surface area contributed by atoms with Crippen molar-refractivity contribution in [2.24, 2.45) is 0 Å². The van der Waals surface area contributed by atoms with E-state index in [0.717, 1.165) is 54.7 Å². The van der Waals surface area contributed by atoms with Crippen molar-refractivity contribution in [1.82, 2.24) is 14.4 Å². The maximum atomic E-state index is 6.39. The summed E-state index contributed by atoms with van der Waals surface area (Å²) in [5, 5.41) is 2.11. The number of imidazole rings is 1. The molecule has 0 radical (unpaired) electrons. The molecule has 176 valence electrons. The number of fused-ring (bicyclic) bond motifs is 1. The van der Waals surface area contributed by atoms with Gasteiger partial charge in [0.2, 0.25) is 0 Å². The van der Waals surface area contributed by atoms with E-state index in [1.807, 2.05) is 6.20 Å². The van der Waals surface area contributed by atoms with Crippen LogP contribution in [0.25, 0.3) is 22.7 Å². The van der Waals surface area contributed by atoms with Gasteiger partial charge in [0.05, 0.1) is 5.69 Å². The minimum absolute atomic E-state index is 0.357. The van der Waals surface area contributed by atoms with Crippen molar-refractivity contribution in [3.05, 3.63) is 88.3 Å². The summed E-state index contributed by atoms with van der Waals surface area (Å²) in [5.74, 6) is 1.96. The second-order valence-corrected chi connectivity index (χ2v) is 9.94. The molecule has 0 aliphatic carbocycles. The lowest BCUT2D eigenvalue weighted by Crippen LogP contribution is -2.06. The van der Waals surface area contributed by atoms with Gasteiger partial charge in [-0.25, -0.2) is 9.97 Å². The Kier molecular flexibility index (Phi) is 7.63. The molecule has 3 heterocycles. The highest BCUT2D eigenvalue weighted by molar-refractivity contribution is 7.11. The molecule has 0 aliphatic heterocycles. The van der Waals surface area contributed by atoms with E-state index < -0.39 is 0 Å². The van der Waals surface area contributed by atoms with Crippen molar-refractivity contribution >= 4 is 39.9 Å². The summed E-state index contributed by atoms with van der Waals surface area (Å²) >= 11 is 1.77. The van der Waals surface area contributed by atoms with Gasteiger partial charge in [0, 0.05) is 23.2 Å². The molecule has 0 amide bonds. The van der Waals surface area contributed by atoms with Crippen LogP contribution in [0, 0.1) is 6.92 Å². The highest BCUT2D eigenvalue weighted by Gasteiger charge is 2.22. The standard InChI is InChI=1S/C29H34N4S/c1-5-10-23(14-8-12-21(3)25-15-9-18-34-25)29-32-26(27-28(30)31-16-17-33(27)29)22(4)19-24-13-7-6-11-20(24)2/h6-7,9,11,13,15-19,23H,3,5,8,10,12,14H2,1-2,4H3,(H2,30,31)/b22-19+. The number of thiophene rings is 1. The molecule has 34 heavy (non-hydrogen) atoms. The van der Waals surface area contributed by atoms with Crippen LogP contribution in [-0.4, -0.2) is 14.4 Å². The third kappa shape index (κ3) is 5.15. The van der Waals surface area contributed by atoms with Gasteiger partial charge in [-0.05, 0) is 79.3 Å². The van der Waals surface area contributed by atoms with Crippen LogP contribution >= 0.6 is 11.3 Å². The van der Waals surface area contributed by atoms with Gasteiger partial charge in [-0.15, -0.1) is 11.3 Å². The SMILES string of the molecule is C=C(CCCC(CCC)c1nc(/C(C)=C/c2ccccc2C)c2c(N)nccn12)c1cccs1. The summed E-state index contributed by atoms with van der Waals surface area (Å²) in [6, 6.07) is 12.7. The number of nitrogens with two attached hydrogens (primary N) is 1. The second-order valence-electron chi connectivity index (χ2n) is 8.99. The van der Waals surface area contributed by atoms with Crippen LogP contribution in [0.5, 0.6) is 0 Å². The monoisotopic (exact) mass is 470 g/mol. The number of nitrogens with zero attached hydrogens (tertiary/aromatic N) is 3. The van der Waals surface area contributed by atoms with E-state index in [1.54, 1.807) is 17.5 Å². The number of rotatable bonds is 10. The molecule has 3 aromatic heterocycles. The summed E-state index contributed by atoms with van der Waals surface area (Å²) < 4.78 is 2.17. The Bertz CT molecular complexity index is 1300. The highest BCUT2D eigenvalue weighted by atomic mass is 32.1. The van der Waals surface area contributed by atoms with Gasteiger partial charge in [-0.1, -0.05) is 50.3 Å². The highest BCUT2D eigenvalue weighted by Crippen LogP contribution is 2.34. The Labute approximate surface area is 206 Å². The third-order valence-electron chi connectivity index (χ3n) is 6.45. The fourth-order valence-corrected chi connectivity index (χ4v) is 5.35. The summed E-state index contributed by atoms with van der Waals surface area (Å²) in [7, 11) is 0. The van der Waals surface area contributed by atoms with Gasteiger partial charge in [-0.3, -0.25) is 4.40 Å². The zero-order chi connectivity index (χ0) is 24.1. The smallest absolute Gasteiger partial charge is 0.150 e. The molecule has 4 nitrogen and oxygen atoms in total. The average molecular weight is 471 g/mol. The van der Waals surface area contributed by atoms with Crippen LogP contribution < -0.4 is 5.73 Å². The normalized spacial score (nSPS) is 12.9. The summed E-state index contributed by atoms with van der Waals surface area (Å²) in [5.41, 5.74) is 13.0. The number of anilines is 1. The fraction of sp³-hybridized carbons (Fsp3) is 0.310. The Balaban J connectivity index is 1.66. The summed E-state index contributed by atoms with van der Waals surface area (Å²) in [6.07, 6.45) is 11.3. The maximum absolute atomic E-state index is 6.39. The van der Waals surface area contributed by atoms with Crippen LogP contribution in [0.2, 0.25) is 0 Å². The lowest BCUT2D eigenvalue weighted by molar-refractivity contribution is 0.523. The molecule has 0 saturated heterocycles. The maximum Gasteiger partial charge on any atom is 0.150 e. The van der Waals surface area contributed by atoms with Gasteiger partial charge < -0.3 is 5.73 Å². The minimum atomic E-state index is 0.357. The number of hydrogen-bond donors (Lipinski definition) is 1. The van der Waals surface area contributed by atoms with E-state index >= 15 is 0 Å². The Hall–Kier alpha value is -3.18. The van der Waals surface area contributed by atoms with E-state index in [1.165, 1.54) is 21.6 Å². The molecular weight excluding hydrogens is 436 g/mol. The van der Waals surface area contributed by atoms with Crippen LogP contribution in [0.3, 0.4) is 0 Å². The molecule has 0 saturated carbocycles. The average Bonchev–Trinajstić information content (AvgIpc) is 3.49. The molecule has 1 unspecified atom stereocenters. The fourth-order valence-electron chi connectivity index (χ4n) is 4.62. The Morgan fingerprint density at radius 2 is 2.03 bits per heavy atom. The number of hydrogen-bond acceptors (Lipinski definition) is 4. The van der Waals surface area contributed by atoms with E-state index in [4.69, 9.17) is 10.7 Å². The van der Waals surface area contributed by atoms with Crippen LogP contribution in [0.15, 0.2) is 60.8 Å².